The van der Waals surface area contributed by atoms with Gasteiger partial charge in [0.25, 0.3) is 0 Å². The number of ether oxygens (including phenoxy) is 1. The molecule has 1 fully saturated rings. The average Bonchev–Trinajstić information content (AvgIpc) is 2.59. The highest BCUT2D eigenvalue weighted by Gasteiger charge is 2.35. The molecule has 1 amide bonds. The highest BCUT2D eigenvalue weighted by molar-refractivity contribution is 5.68. The summed E-state index contributed by atoms with van der Waals surface area (Å²) >= 11 is 0. The van der Waals surface area contributed by atoms with Crippen molar-refractivity contribution in [2.75, 3.05) is 26.3 Å². The van der Waals surface area contributed by atoms with E-state index in [4.69, 9.17) is 10.5 Å². The molecule has 1 saturated heterocycles. The van der Waals surface area contributed by atoms with Gasteiger partial charge in [-0.3, -0.25) is 4.39 Å². The zero-order valence-electron chi connectivity index (χ0n) is 10.9. The molecule has 0 saturated carbocycles. The van der Waals surface area contributed by atoms with Crippen molar-refractivity contribution in [1.82, 2.24) is 4.90 Å². The monoisotopic (exact) mass is 246 g/mol. The van der Waals surface area contributed by atoms with Gasteiger partial charge in [0.2, 0.25) is 0 Å². The van der Waals surface area contributed by atoms with Gasteiger partial charge in [-0.25, -0.2) is 4.79 Å². The van der Waals surface area contributed by atoms with Gasteiger partial charge in [-0.15, -0.1) is 0 Å². The molecule has 0 aromatic rings. The summed E-state index contributed by atoms with van der Waals surface area (Å²) in [4.78, 5) is 13.5. The first-order valence-corrected chi connectivity index (χ1v) is 6.11. The van der Waals surface area contributed by atoms with Crippen molar-refractivity contribution in [2.45, 2.75) is 32.8 Å². The van der Waals surface area contributed by atoms with Gasteiger partial charge in [0.1, 0.15) is 5.60 Å². The molecule has 2 atom stereocenters. The molecule has 5 heteroatoms. The van der Waals surface area contributed by atoms with E-state index < -0.39 is 5.60 Å². The molecular weight excluding hydrogens is 223 g/mol. The minimum absolute atomic E-state index is 0.164. The number of carbonyl (C=O) groups excluding carboxylic acids is 1. The Bertz CT molecular complexity index is 266. The van der Waals surface area contributed by atoms with Gasteiger partial charge in [-0.1, -0.05) is 0 Å². The van der Waals surface area contributed by atoms with Crippen LogP contribution in [0.4, 0.5) is 9.18 Å². The maximum Gasteiger partial charge on any atom is 0.410 e. The molecule has 1 aliphatic heterocycles. The quantitative estimate of drug-likeness (QED) is 0.826. The summed E-state index contributed by atoms with van der Waals surface area (Å²) in [7, 11) is 0. The predicted molar refractivity (Wildman–Crippen MR) is 64.4 cm³/mol. The van der Waals surface area contributed by atoms with Crippen molar-refractivity contribution in [3.63, 3.8) is 0 Å². The third kappa shape index (κ3) is 4.15. The number of halogens is 1. The van der Waals surface area contributed by atoms with Gasteiger partial charge < -0.3 is 15.4 Å². The summed E-state index contributed by atoms with van der Waals surface area (Å²) in [6.45, 7) is 6.77. The van der Waals surface area contributed by atoms with E-state index in [0.717, 1.165) is 0 Å². The highest BCUT2D eigenvalue weighted by atomic mass is 19.1. The highest BCUT2D eigenvalue weighted by Crippen LogP contribution is 2.26. The molecule has 4 nitrogen and oxygen atoms in total. The lowest BCUT2D eigenvalue weighted by atomic mass is 9.94. The standard InChI is InChI=1S/C12H23FN2O2/c1-12(2,3)17-11(16)15-7-9(4-5-13)10(6-14)8-15/h9-10H,4-8,14H2,1-3H3. The van der Waals surface area contributed by atoms with Gasteiger partial charge in [-0.05, 0) is 45.6 Å². The third-order valence-corrected chi connectivity index (χ3v) is 3.01. The zero-order chi connectivity index (χ0) is 13.1. The van der Waals surface area contributed by atoms with Crippen LogP contribution >= 0.6 is 0 Å². The number of hydrogen-bond donors (Lipinski definition) is 1. The first-order valence-electron chi connectivity index (χ1n) is 6.11. The van der Waals surface area contributed by atoms with Crippen LogP contribution in [0.25, 0.3) is 0 Å². The Morgan fingerprint density at radius 1 is 1.41 bits per heavy atom. The molecule has 2 N–H and O–H groups in total. The Balaban J connectivity index is 2.54. The normalized spacial score (nSPS) is 25.1. The lowest BCUT2D eigenvalue weighted by Gasteiger charge is -2.24. The lowest BCUT2D eigenvalue weighted by molar-refractivity contribution is 0.0283. The minimum atomic E-state index is -0.493. The fraction of sp³-hybridized carbons (Fsp3) is 0.917. The molecule has 1 aliphatic rings. The fourth-order valence-corrected chi connectivity index (χ4v) is 2.15. The number of carbonyl (C=O) groups is 1. The van der Waals surface area contributed by atoms with Crippen molar-refractivity contribution in [2.24, 2.45) is 17.6 Å². The second-order valence-electron chi connectivity index (χ2n) is 5.62. The SMILES string of the molecule is CC(C)(C)OC(=O)N1CC(CN)C(CCF)C1. The van der Waals surface area contributed by atoms with E-state index >= 15 is 0 Å². The van der Waals surface area contributed by atoms with E-state index in [0.29, 0.717) is 26.1 Å². The number of hydrogen-bond acceptors (Lipinski definition) is 3. The number of rotatable bonds is 3. The number of amides is 1. The van der Waals surface area contributed by atoms with Gasteiger partial charge in [-0.2, -0.15) is 0 Å². The second-order valence-corrected chi connectivity index (χ2v) is 5.62. The molecule has 0 spiro atoms. The van der Waals surface area contributed by atoms with Crippen LogP contribution in [-0.2, 0) is 4.74 Å². The smallest absolute Gasteiger partial charge is 0.410 e. The largest absolute Gasteiger partial charge is 0.444 e. The Hall–Kier alpha value is -0.840. The summed E-state index contributed by atoms with van der Waals surface area (Å²) in [5, 5.41) is 0. The van der Waals surface area contributed by atoms with Gasteiger partial charge in [0.05, 0.1) is 6.67 Å². The van der Waals surface area contributed by atoms with Gasteiger partial charge >= 0.3 is 6.09 Å². The van der Waals surface area contributed by atoms with Crippen molar-refractivity contribution in [1.29, 1.82) is 0 Å². The van der Waals surface area contributed by atoms with Crippen LogP contribution in [0.15, 0.2) is 0 Å². The number of nitrogens with two attached hydrogens (primary N) is 1. The minimum Gasteiger partial charge on any atom is -0.444 e. The summed E-state index contributed by atoms with van der Waals surface area (Å²) < 4.78 is 17.7. The third-order valence-electron chi connectivity index (χ3n) is 3.01. The van der Waals surface area contributed by atoms with E-state index in [1.165, 1.54) is 0 Å². The fourth-order valence-electron chi connectivity index (χ4n) is 2.15. The van der Waals surface area contributed by atoms with Crippen molar-refractivity contribution in [3.8, 4) is 0 Å². The van der Waals surface area contributed by atoms with E-state index in [-0.39, 0.29) is 24.6 Å². The predicted octanol–water partition coefficient (Wildman–Crippen LogP) is 1.79. The second kappa shape index (κ2) is 5.67. The van der Waals surface area contributed by atoms with E-state index in [1.54, 1.807) is 4.90 Å². The van der Waals surface area contributed by atoms with Crippen molar-refractivity contribution in [3.05, 3.63) is 0 Å². The Morgan fingerprint density at radius 3 is 2.47 bits per heavy atom. The topological polar surface area (TPSA) is 55.6 Å². The van der Waals surface area contributed by atoms with Gasteiger partial charge in [0, 0.05) is 13.1 Å². The first kappa shape index (κ1) is 14.2. The summed E-state index contributed by atoms with van der Waals surface area (Å²) in [6.07, 6.45) is 0.151. The lowest BCUT2D eigenvalue weighted by Crippen LogP contribution is -2.35. The molecule has 0 aromatic carbocycles. The Labute approximate surface area is 102 Å². The molecular formula is C12H23FN2O2. The molecule has 0 aromatic heterocycles. The summed E-state index contributed by atoms with van der Waals surface area (Å²) in [5.41, 5.74) is 5.15. The molecule has 0 bridgehead atoms. The summed E-state index contributed by atoms with van der Waals surface area (Å²) in [5.74, 6) is 0.357. The van der Waals surface area contributed by atoms with E-state index in [2.05, 4.69) is 0 Å². The average molecular weight is 246 g/mol. The van der Waals surface area contributed by atoms with Crippen LogP contribution in [0.2, 0.25) is 0 Å². The van der Waals surface area contributed by atoms with E-state index in [9.17, 15) is 9.18 Å². The maximum atomic E-state index is 12.4. The molecule has 17 heavy (non-hydrogen) atoms. The van der Waals surface area contributed by atoms with Crippen LogP contribution in [0.3, 0.4) is 0 Å². The first-order chi connectivity index (χ1) is 7.87. The Morgan fingerprint density at radius 2 is 2.00 bits per heavy atom. The molecule has 1 rings (SSSR count). The molecule has 1 heterocycles. The van der Waals surface area contributed by atoms with Crippen molar-refractivity contribution >= 4 is 6.09 Å². The van der Waals surface area contributed by atoms with E-state index in [1.807, 2.05) is 20.8 Å². The van der Waals surface area contributed by atoms with Crippen LogP contribution in [0, 0.1) is 11.8 Å². The number of alkyl halides is 1. The van der Waals surface area contributed by atoms with Crippen LogP contribution in [0.5, 0.6) is 0 Å². The Kier molecular flexibility index (Phi) is 4.74. The number of likely N-dealkylation sites (tertiary alicyclic amines) is 1. The molecule has 0 radical (unpaired) electrons. The molecule has 2 unspecified atom stereocenters. The molecule has 0 aliphatic carbocycles. The van der Waals surface area contributed by atoms with Crippen LogP contribution in [-0.4, -0.2) is 42.9 Å². The van der Waals surface area contributed by atoms with Crippen LogP contribution in [0.1, 0.15) is 27.2 Å². The zero-order valence-corrected chi connectivity index (χ0v) is 10.9. The number of nitrogens with zero attached hydrogens (tertiary/aromatic N) is 1. The maximum absolute atomic E-state index is 12.4. The van der Waals surface area contributed by atoms with Crippen LogP contribution < -0.4 is 5.73 Å². The van der Waals surface area contributed by atoms with Gasteiger partial charge in [0.15, 0.2) is 0 Å². The molecule has 100 valence electrons. The van der Waals surface area contributed by atoms with Crippen molar-refractivity contribution < 1.29 is 13.9 Å². The summed E-state index contributed by atoms with van der Waals surface area (Å²) in [6, 6.07) is 0.